The summed E-state index contributed by atoms with van der Waals surface area (Å²) in [6, 6.07) is 9.72. The number of nitrogens with one attached hydrogen (secondary N) is 1. The second kappa shape index (κ2) is 6.23. The van der Waals surface area contributed by atoms with Crippen LogP contribution in [0.5, 0.6) is 0 Å². The Labute approximate surface area is 141 Å². The molecule has 2 heterocycles. The van der Waals surface area contributed by atoms with Gasteiger partial charge in [-0.1, -0.05) is 6.07 Å². The van der Waals surface area contributed by atoms with Crippen LogP contribution in [0.4, 0.5) is 5.13 Å². The van der Waals surface area contributed by atoms with Gasteiger partial charge in [-0.3, -0.25) is 10.1 Å². The monoisotopic (exact) mass is 364 g/mol. The van der Waals surface area contributed by atoms with Gasteiger partial charge in [0.15, 0.2) is 15.0 Å². The van der Waals surface area contributed by atoms with Gasteiger partial charge >= 0.3 is 0 Å². The Hall–Kier alpha value is -2.03. The maximum Gasteiger partial charge on any atom is 0.257 e. The molecule has 0 unspecified atom stereocenters. The molecule has 3 rings (SSSR count). The SMILES string of the molecule is CS(=O)(=O)c1ccc(C(=O)Nc2nc(-c3cccs3)cs2)cc1. The summed E-state index contributed by atoms with van der Waals surface area (Å²) in [4.78, 5) is 17.8. The predicted octanol–water partition coefficient (Wildman–Crippen LogP) is 3.53. The Balaban J connectivity index is 1.74. The average molecular weight is 364 g/mol. The number of hydrogen-bond donors (Lipinski definition) is 1. The van der Waals surface area contributed by atoms with E-state index in [0.717, 1.165) is 16.8 Å². The molecule has 0 saturated heterocycles. The lowest BCUT2D eigenvalue weighted by atomic mass is 10.2. The van der Waals surface area contributed by atoms with Crippen molar-refractivity contribution in [3.05, 3.63) is 52.7 Å². The molecule has 8 heteroatoms. The standard InChI is InChI=1S/C15H12N2O3S3/c1-23(19,20)11-6-4-10(5-7-11)14(18)17-15-16-12(9-22-15)13-3-2-8-21-13/h2-9H,1H3,(H,16,17,18). The first kappa shape index (κ1) is 15.9. The number of sulfone groups is 1. The number of rotatable bonds is 4. The number of carbonyl (C=O) groups is 1. The van der Waals surface area contributed by atoms with Gasteiger partial charge in [0.05, 0.1) is 15.5 Å². The number of nitrogens with zero attached hydrogens (tertiary/aromatic N) is 1. The number of anilines is 1. The van der Waals surface area contributed by atoms with Crippen LogP contribution in [0.1, 0.15) is 10.4 Å². The van der Waals surface area contributed by atoms with Crippen LogP contribution in [-0.2, 0) is 9.84 Å². The largest absolute Gasteiger partial charge is 0.298 e. The van der Waals surface area contributed by atoms with Crippen molar-refractivity contribution < 1.29 is 13.2 Å². The first-order chi connectivity index (χ1) is 10.9. The van der Waals surface area contributed by atoms with E-state index >= 15 is 0 Å². The molecule has 1 aromatic carbocycles. The maximum absolute atomic E-state index is 12.2. The number of carbonyl (C=O) groups excluding carboxylic acids is 1. The number of aromatic nitrogens is 1. The van der Waals surface area contributed by atoms with Gasteiger partial charge in [-0.2, -0.15) is 0 Å². The van der Waals surface area contributed by atoms with Crippen molar-refractivity contribution in [3.8, 4) is 10.6 Å². The van der Waals surface area contributed by atoms with Crippen molar-refractivity contribution in [1.82, 2.24) is 4.98 Å². The molecular weight excluding hydrogens is 352 g/mol. The van der Waals surface area contributed by atoms with Crippen LogP contribution >= 0.6 is 22.7 Å². The third-order valence-electron chi connectivity index (χ3n) is 3.04. The number of hydrogen-bond acceptors (Lipinski definition) is 6. The molecule has 5 nitrogen and oxygen atoms in total. The van der Waals surface area contributed by atoms with E-state index in [1.165, 1.54) is 35.6 Å². The van der Waals surface area contributed by atoms with Crippen molar-refractivity contribution in [2.45, 2.75) is 4.90 Å². The Morgan fingerprint density at radius 3 is 2.48 bits per heavy atom. The van der Waals surface area contributed by atoms with Gasteiger partial charge in [0.25, 0.3) is 5.91 Å². The van der Waals surface area contributed by atoms with Crippen LogP contribution in [0.2, 0.25) is 0 Å². The Bertz CT molecular complexity index is 927. The summed E-state index contributed by atoms with van der Waals surface area (Å²) >= 11 is 2.93. The zero-order valence-corrected chi connectivity index (χ0v) is 14.5. The van der Waals surface area contributed by atoms with E-state index in [-0.39, 0.29) is 10.8 Å². The summed E-state index contributed by atoms with van der Waals surface area (Å²) in [5, 5.41) is 7.08. The van der Waals surface area contributed by atoms with Crippen molar-refractivity contribution in [3.63, 3.8) is 0 Å². The van der Waals surface area contributed by atoms with Gasteiger partial charge in [0.2, 0.25) is 0 Å². The van der Waals surface area contributed by atoms with Gasteiger partial charge in [-0.15, -0.1) is 22.7 Å². The number of amides is 1. The second-order valence-corrected chi connectivity index (χ2v) is 8.59. The van der Waals surface area contributed by atoms with Crippen LogP contribution in [-0.4, -0.2) is 25.6 Å². The molecule has 0 bridgehead atoms. The van der Waals surface area contributed by atoms with E-state index in [2.05, 4.69) is 10.3 Å². The first-order valence-electron chi connectivity index (χ1n) is 6.54. The average Bonchev–Trinajstić information content (AvgIpc) is 3.17. The van der Waals surface area contributed by atoms with E-state index in [0.29, 0.717) is 10.7 Å². The number of benzene rings is 1. The zero-order chi connectivity index (χ0) is 16.4. The Morgan fingerprint density at radius 2 is 1.87 bits per heavy atom. The fourth-order valence-corrected chi connectivity index (χ4v) is 3.99. The molecule has 0 aliphatic rings. The highest BCUT2D eigenvalue weighted by Crippen LogP contribution is 2.28. The molecule has 118 valence electrons. The lowest BCUT2D eigenvalue weighted by Crippen LogP contribution is -2.11. The van der Waals surface area contributed by atoms with E-state index in [9.17, 15) is 13.2 Å². The quantitative estimate of drug-likeness (QED) is 0.768. The molecule has 0 aliphatic carbocycles. The first-order valence-corrected chi connectivity index (χ1v) is 10.2. The third kappa shape index (κ3) is 3.66. The second-order valence-electron chi connectivity index (χ2n) is 4.77. The highest BCUT2D eigenvalue weighted by atomic mass is 32.2. The Morgan fingerprint density at radius 1 is 1.13 bits per heavy atom. The Kier molecular flexibility index (Phi) is 4.29. The maximum atomic E-state index is 12.2. The molecule has 3 aromatic rings. The molecule has 0 fully saturated rings. The lowest BCUT2D eigenvalue weighted by molar-refractivity contribution is 0.102. The topological polar surface area (TPSA) is 76.1 Å². The van der Waals surface area contributed by atoms with Gasteiger partial charge in [0, 0.05) is 17.2 Å². The molecule has 0 saturated carbocycles. The predicted molar refractivity (Wildman–Crippen MR) is 92.9 cm³/mol. The van der Waals surface area contributed by atoms with Crippen LogP contribution < -0.4 is 5.32 Å². The molecule has 1 N–H and O–H groups in total. The van der Waals surface area contributed by atoms with Crippen LogP contribution in [0.15, 0.2) is 52.1 Å². The summed E-state index contributed by atoms with van der Waals surface area (Å²) in [6.07, 6.45) is 1.13. The zero-order valence-electron chi connectivity index (χ0n) is 12.0. The summed E-state index contributed by atoms with van der Waals surface area (Å²) in [6.45, 7) is 0. The van der Waals surface area contributed by atoms with Gasteiger partial charge in [0.1, 0.15) is 0 Å². The molecule has 0 aliphatic heterocycles. The van der Waals surface area contributed by atoms with Gasteiger partial charge in [-0.05, 0) is 35.7 Å². The van der Waals surface area contributed by atoms with Crippen molar-refractivity contribution in [2.75, 3.05) is 11.6 Å². The molecule has 2 aromatic heterocycles. The van der Waals surface area contributed by atoms with Crippen LogP contribution in [0, 0.1) is 0 Å². The summed E-state index contributed by atoms with van der Waals surface area (Å²) in [5.74, 6) is -0.322. The van der Waals surface area contributed by atoms with E-state index in [1.807, 2.05) is 22.9 Å². The highest BCUT2D eigenvalue weighted by molar-refractivity contribution is 7.90. The molecule has 0 spiro atoms. The summed E-state index contributed by atoms with van der Waals surface area (Å²) in [5.41, 5.74) is 1.21. The van der Waals surface area contributed by atoms with Crippen LogP contribution in [0.25, 0.3) is 10.6 Å². The van der Waals surface area contributed by atoms with Crippen molar-refractivity contribution >= 4 is 43.5 Å². The molecule has 0 atom stereocenters. The van der Waals surface area contributed by atoms with Gasteiger partial charge in [-0.25, -0.2) is 13.4 Å². The minimum absolute atomic E-state index is 0.184. The molecule has 23 heavy (non-hydrogen) atoms. The minimum atomic E-state index is -3.27. The fraction of sp³-hybridized carbons (Fsp3) is 0.0667. The lowest BCUT2D eigenvalue weighted by Gasteiger charge is -2.03. The number of thiazole rings is 1. The molecule has 0 radical (unpaired) electrons. The van der Waals surface area contributed by atoms with Crippen LogP contribution in [0.3, 0.4) is 0 Å². The van der Waals surface area contributed by atoms with Crippen molar-refractivity contribution in [2.24, 2.45) is 0 Å². The third-order valence-corrected chi connectivity index (χ3v) is 5.82. The highest BCUT2D eigenvalue weighted by Gasteiger charge is 2.12. The number of thiophene rings is 1. The normalized spacial score (nSPS) is 11.3. The molecular formula is C15H12N2O3S3. The van der Waals surface area contributed by atoms with Gasteiger partial charge < -0.3 is 0 Å². The van der Waals surface area contributed by atoms with E-state index in [4.69, 9.17) is 0 Å². The van der Waals surface area contributed by atoms with E-state index < -0.39 is 9.84 Å². The van der Waals surface area contributed by atoms with Crippen molar-refractivity contribution in [1.29, 1.82) is 0 Å². The summed E-state index contributed by atoms with van der Waals surface area (Å²) in [7, 11) is -3.27. The smallest absolute Gasteiger partial charge is 0.257 e. The molecule has 1 amide bonds. The van der Waals surface area contributed by atoms with E-state index in [1.54, 1.807) is 11.3 Å². The minimum Gasteiger partial charge on any atom is -0.298 e. The fourth-order valence-electron chi connectivity index (χ4n) is 1.89. The summed E-state index contributed by atoms with van der Waals surface area (Å²) < 4.78 is 22.8.